The van der Waals surface area contributed by atoms with Gasteiger partial charge in [-0.2, -0.15) is 0 Å². The number of rotatable bonds is 9. The fraction of sp³-hybridized carbons (Fsp3) is 0.364. The number of anilines is 3. The van der Waals surface area contributed by atoms with Crippen molar-refractivity contribution < 1.29 is 9.59 Å². The lowest BCUT2D eigenvalue weighted by Gasteiger charge is -2.23. The fourth-order valence-electron chi connectivity index (χ4n) is 3.73. The summed E-state index contributed by atoms with van der Waals surface area (Å²) in [6.45, 7) is 2.77. The molecule has 0 saturated heterocycles. The van der Waals surface area contributed by atoms with Crippen molar-refractivity contribution in [3.8, 4) is 0 Å². The number of nitrogen functional groups attached to an aromatic ring is 2. The first-order valence-electron chi connectivity index (χ1n) is 9.98. The van der Waals surface area contributed by atoms with Gasteiger partial charge in [0.25, 0.3) is 0 Å². The number of unbranched alkanes of at least 4 members (excludes halogenated alkanes) is 1. The van der Waals surface area contributed by atoms with E-state index in [0.29, 0.717) is 23.4 Å². The van der Waals surface area contributed by atoms with Gasteiger partial charge in [0, 0.05) is 29.2 Å². The first-order chi connectivity index (χ1) is 14.0. The zero-order valence-electron chi connectivity index (χ0n) is 16.8. The number of nitrogens with one attached hydrogen (secondary N) is 1. The number of carbonyl (C=O) groups is 2. The van der Waals surface area contributed by atoms with Crippen LogP contribution >= 0.6 is 9.24 Å². The quantitative estimate of drug-likeness (QED) is 0.284. The number of carbonyl (C=O) groups excluding carboxylic acids is 2. The summed E-state index contributed by atoms with van der Waals surface area (Å²) in [6, 6.07) is 8.44. The molecular formula is C22H29N4O2P. The Morgan fingerprint density at radius 2 is 1.55 bits per heavy atom. The third kappa shape index (κ3) is 4.44. The third-order valence-corrected chi connectivity index (χ3v) is 5.69. The maximum Gasteiger partial charge on any atom is 0.198 e. The number of nitrogens with zero attached hydrogens (tertiary/aromatic N) is 1. The highest BCUT2D eigenvalue weighted by Crippen LogP contribution is 2.37. The van der Waals surface area contributed by atoms with Crippen LogP contribution in [0.15, 0.2) is 30.3 Å². The molecule has 1 aliphatic rings. The molecule has 3 rings (SSSR count). The molecule has 0 amide bonds. The lowest BCUT2D eigenvalue weighted by Crippen LogP contribution is -2.26. The zero-order valence-corrected chi connectivity index (χ0v) is 18.0. The van der Waals surface area contributed by atoms with E-state index in [2.05, 4.69) is 26.5 Å². The molecule has 0 heterocycles. The van der Waals surface area contributed by atoms with Crippen LogP contribution < -0.4 is 16.8 Å². The van der Waals surface area contributed by atoms with Gasteiger partial charge in [-0.15, -0.1) is 9.24 Å². The van der Waals surface area contributed by atoms with Crippen LogP contribution in [0.3, 0.4) is 0 Å². The maximum absolute atomic E-state index is 13.2. The first-order valence-corrected chi connectivity index (χ1v) is 10.8. The predicted octanol–water partition coefficient (Wildman–Crippen LogP) is 3.02. The summed E-state index contributed by atoms with van der Waals surface area (Å²) in [5.41, 5.74) is 14.4. The summed E-state index contributed by atoms with van der Waals surface area (Å²) in [5, 5.41) is 3.34. The average molecular weight is 412 g/mol. The highest BCUT2D eigenvalue weighted by molar-refractivity contribution is 7.16. The highest BCUT2D eigenvalue weighted by atomic mass is 31.0. The van der Waals surface area contributed by atoms with Gasteiger partial charge in [-0.1, -0.05) is 12.1 Å². The van der Waals surface area contributed by atoms with Gasteiger partial charge in [0.15, 0.2) is 11.6 Å². The standard InChI is InChI=1S/C22H29N4O2P/c1-26(11-2-3-13-29)12-5-10-25-17-7-4-6-14-18(17)22(28)20-16(24)9-8-15(23)19(20)21(14)27/h4,6-9,25H,2-3,5,10-13,23-24,29H2,1H3. The van der Waals surface area contributed by atoms with Crippen molar-refractivity contribution in [1.82, 2.24) is 4.90 Å². The summed E-state index contributed by atoms with van der Waals surface area (Å²) in [5.74, 6) is -0.506. The van der Waals surface area contributed by atoms with Crippen LogP contribution in [-0.2, 0) is 0 Å². The maximum atomic E-state index is 13.2. The van der Waals surface area contributed by atoms with E-state index in [-0.39, 0.29) is 34.1 Å². The molecule has 7 heteroatoms. The van der Waals surface area contributed by atoms with Crippen LogP contribution in [0.1, 0.15) is 51.1 Å². The third-order valence-electron chi connectivity index (χ3n) is 5.29. The molecule has 6 nitrogen and oxygen atoms in total. The van der Waals surface area contributed by atoms with Gasteiger partial charge in [-0.25, -0.2) is 0 Å². The zero-order chi connectivity index (χ0) is 21.0. The van der Waals surface area contributed by atoms with Crippen molar-refractivity contribution in [2.45, 2.75) is 19.3 Å². The number of benzene rings is 2. The largest absolute Gasteiger partial charge is 0.398 e. The van der Waals surface area contributed by atoms with Gasteiger partial charge < -0.3 is 21.7 Å². The van der Waals surface area contributed by atoms with E-state index in [1.54, 1.807) is 24.3 Å². The number of hydrogen-bond acceptors (Lipinski definition) is 6. The molecule has 1 unspecified atom stereocenters. The second kappa shape index (κ2) is 9.38. The van der Waals surface area contributed by atoms with E-state index in [0.717, 1.165) is 25.7 Å². The van der Waals surface area contributed by atoms with Gasteiger partial charge in [0.2, 0.25) is 0 Å². The second-order valence-corrected chi connectivity index (χ2v) is 8.04. The van der Waals surface area contributed by atoms with Crippen molar-refractivity contribution in [3.63, 3.8) is 0 Å². The van der Waals surface area contributed by atoms with Crippen LogP contribution in [0.2, 0.25) is 0 Å². The molecule has 154 valence electrons. The van der Waals surface area contributed by atoms with Crippen LogP contribution in [0.4, 0.5) is 17.1 Å². The van der Waals surface area contributed by atoms with E-state index in [4.69, 9.17) is 11.5 Å². The van der Waals surface area contributed by atoms with Gasteiger partial charge in [-0.05, 0) is 63.8 Å². The monoisotopic (exact) mass is 412 g/mol. The van der Waals surface area contributed by atoms with Crippen LogP contribution in [0.5, 0.6) is 0 Å². The SMILES string of the molecule is CN(CCCCP)CCCNc1cccc2c1C(=O)c1c(N)ccc(N)c1C2=O. The molecule has 0 spiro atoms. The molecule has 2 aromatic carbocycles. The lowest BCUT2D eigenvalue weighted by molar-refractivity contribution is 0.0981. The molecule has 0 saturated carbocycles. The molecular weight excluding hydrogens is 383 g/mol. The normalized spacial score (nSPS) is 12.8. The van der Waals surface area contributed by atoms with E-state index in [9.17, 15) is 9.59 Å². The Hall–Kier alpha value is -2.43. The van der Waals surface area contributed by atoms with Gasteiger partial charge in [0.1, 0.15) is 0 Å². The van der Waals surface area contributed by atoms with Crippen LogP contribution in [0, 0.1) is 0 Å². The average Bonchev–Trinajstić information content (AvgIpc) is 2.71. The second-order valence-electron chi connectivity index (χ2n) is 7.46. The molecule has 0 fully saturated rings. The fourth-order valence-corrected chi connectivity index (χ4v) is 4.02. The number of nitrogens with two attached hydrogens (primary N) is 2. The minimum absolute atomic E-state index is 0.213. The molecule has 2 aromatic rings. The molecule has 5 N–H and O–H groups in total. The van der Waals surface area contributed by atoms with Crippen LogP contribution in [0.25, 0.3) is 0 Å². The number of ketones is 2. The Labute approximate surface area is 174 Å². The molecule has 1 aliphatic carbocycles. The summed E-state index contributed by atoms with van der Waals surface area (Å²) in [4.78, 5) is 28.5. The molecule has 0 radical (unpaired) electrons. The van der Waals surface area contributed by atoms with Crippen molar-refractivity contribution in [3.05, 3.63) is 52.6 Å². The lowest BCUT2D eigenvalue weighted by atomic mass is 9.81. The Bertz CT molecular complexity index is 929. The van der Waals surface area contributed by atoms with Crippen LogP contribution in [-0.4, -0.2) is 49.3 Å². The predicted molar refractivity (Wildman–Crippen MR) is 123 cm³/mol. The van der Waals surface area contributed by atoms with Crippen molar-refractivity contribution in [2.24, 2.45) is 0 Å². The van der Waals surface area contributed by atoms with Crippen molar-refractivity contribution in [2.75, 3.05) is 49.6 Å². The van der Waals surface area contributed by atoms with Crippen molar-refractivity contribution >= 4 is 37.9 Å². The minimum Gasteiger partial charge on any atom is -0.398 e. The van der Waals surface area contributed by atoms with Gasteiger partial charge >= 0.3 is 0 Å². The number of hydrogen-bond donors (Lipinski definition) is 3. The smallest absolute Gasteiger partial charge is 0.198 e. The molecule has 0 bridgehead atoms. The summed E-state index contributed by atoms with van der Waals surface area (Å²) in [6.07, 6.45) is 4.49. The Morgan fingerprint density at radius 1 is 0.897 bits per heavy atom. The highest BCUT2D eigenvalue weighted by Gasteiger charge is 2.34. The summed E-state index contributed by atoms with van der Waals surface area (Å²) < 4.78 is 0. The Kier molecular flexibility index (Phi) is 6.88. The minimum atomic E-state index is -0.253. The number of fused-ring (bicyclic) bond motifs is 2. The molecule has 29 heavy (non-hydrogen) atoms. The summed E-state index contributed by atoms with van der Waals surface area (Å²) >= 11 is 0. The van der Waals surface area contributed by atoms with Gasteiger partial charge in [0.05, 0.1) is 16.7 Å². The summed E-state index contributed by atoms with van der Waals surface area (Å²) in [7, 11) is 4.88. The Balaban J connectivity index is 1.74. The van der Waals surface area contributed by atoms with E-state index >= 15 is 0 Å². The molecule has 0 aliphatic heterocycles. The van der Waals surface area contributed by atoms with E-state index in [1.807, 2.05) is 6.07 Å². The van der Waals surface area contributed by atoms with E-state index in [1.165, 1.54) is 12.8 Å². The van der Waals surface area contributed by atoms with Gasteiger partial charge in [-0.3, -0.25) is 9.59 Å². The topological polar surface area (TPSA) is 101 Å². The first kappa shape index (κ1) is 21.3. The van der Waals surface area contributed by atoms with Crippen molar-refractivity contribution in [1.29, 1.82) is 0 Å². The van der Waals surface area contributed by atoms with E-state index < -0.39 is 0 Å². The molecule has 1 atom stereocenters. The Morgan fingerprint density at radius 3 is 2.24 bits per heavy atom. The molecule has 0 aromatic heterocycles.